The zero-order valence-electron chi connectivity index (χ0n) is 17.4. The van der Waals surface area contributed by atoms with E-state index in [1.807, 2.05) is 0 Å². The zero-order valence-corrected chi connectivity index (χ0v) is 19.7. The Morgan fingerprint density at radius 2 is 1.70 bits per heavy atom. The fraction of sp³-hybridized carbons (Fsp3) is 0.0800. The number of amides is 2. The Morgan fingerprint density at radius 1 is 1.00 bits per heavy atom. The predicted molar refractivity (Wildman–Crippen MR) is 131 cm³/mol. The van der Waals surface area contributed by atoms with E-state index < -0.39 is 11.8 Å². The molecule has 0 spiro atoms. The van der Waals surface area contributed by atoms with Gasteiger partial charge in [-0.15, -0.1) is 0 Å². The lowest BCUT2D eigenvalue weighted by Crippen LogP contribution is -2.29. The molecule has 0 fully saturated rings. The van der Waals surface area contributed by atoms with Gasteiger partial charge in [-0.05, 0) is 55.5 Å². The minimum atomic E-state index is -0.520. The Kier molecular flexibility index (Phi) is 6.84. The van der Waals surface area contributed by atoms with Crippen LogP contribution in [0.1, 0.15) is 28.4 Å². The summed E-state index contributed by atoms with van der Waals surface area (Å²) in [7, 11) is 0. The molecule has 8 heteroatoms. The fourth-order valence-corrected chi connectivity index (χ4v) is 3.88. The van der Waals surface area contributed by atoms with E-state index in [4.69, 9.17) is 39.5 Å². The molecule has 0 N–H and O–H groups in total. The van der Waals surface area contributed by atoms with Crippen LogP contribution in [0.5, 0.6) is 5.75 Å². The number of hydrogen-bond donors (Lipinski definition) is 0. The molecule has 33 heavy (non-hydrogen) atoms. The molecule has 0 radical (unpaired) electrons. The second kappa shape index (κ2) is 9.79. The quantitative estimate of drug-likeness (QED) is 0.291. The highest BCUT2D eigenvalue weighted by Crippen LogP contribution is 2.30. The molecule has 1 heterocycles. The molecule has 0 aliphatic carbocycles. The van der Waals surface area contributed by atoms with Crippen molar-refractivity contribution in [3.05, 3.63) is 104 Å². The molecule has 5 nitrogen and oxygen atoms in total. The normalized spacial score (nSPS) is 14.5. The SMILES string of the molecule is CC1=NN(C(=O)c2ccccc2)C(=O)/C1=C/c1cc(Cl)ccc1OCc1ccc(Cl)cc1Cl. The molecule has 0 saturated carbocycles. The second-order valence-electron chi connectivity index (χ2n) is 7.24. The van der Waals surface area contributed by atoms with E-state index in [0.717, 1.165) is 10.6 Å². The van der Waals surface area contributed by atoms with Crippen molar-refractivity contribution in [1.82, 2.24) is 5.01 Å². The van der Waals surface area contributed by atoms with Crippen molar-refractivity contribution in [2.75, 3.05) is 0 Å². The summed E-state index contributed by atoms with van der Waals surface area (Å²) < 4.78 is 5.96. The molecule has 1 aliphatic heterocycles. The first-order chi connectivity index (χ1) is 15.8. The Hall–Kier alpha value is -3.12. The fourth-order valence-electron chi connectivity index (χ4n) is 3.24. The highest BCUT2D eigenvalue weighted by molar-refractivity contribution is 6.35. The van der Waals surface area contributed by atoms with Crippen molar-refractivity contribution in [2.24, 2.45) is 5.10 Å². The minimum absolute atomic E-state index is 0.188. The first-order valence-electron chi connectivity index (χ1n) is 9.91. The number of rotatable bonds is 5. The molecule has 0 unspecified atom stereocenters. The molecular weight excluding hydrogens is 483 g/mol. The van der Waals surface area contributed by atoms with Gasteiger partial charge in [-0.2, -0.15) is 10.1 Å². The maximum Gasteiger partial charge on any atom is 0.283 e. The van der Waals surface area contributed by atoms with Gasteiger partial charge in [0.25, 0.3) is 11.8 Å². The Morgan fingerprint density at radius 3 is 2.42 bits per heavy atom. The molecule has 3 aromatic carbocycles. The molecule has 3 aromatic rings. The number of carbonyl (C=O) groups excluding carboxylic acids is 2. The summed E-state index contributed by atoms with van der Waals surface area (Å²) in [5.41, 5.74) is 2.38. The molecule has 166 valence electrons. The summed E-state index contributed by atoms with van der Waals surface area (Å²) in [5, 5.41) is 6.53. The lowest BCUT2D eigenvalue weighted by molar-refractivity contribution is -0.123. The van der Waals surface area contributed by atoms with Crippen LogP contribution in [0.25, 0.3) is 6.08 Å². The highest BCUT2D eigenvalue weighted by atomic mass is 35.5. The van der Waals surface area contributed by atoms with Crippen LogP contribution in [0.2, 0.25) is 15.1 Å². The monoisotopic (exact) mass is 498 g/mol. The molecule has 0 bridgehead atoms. The van der Waals surface area contributed by atoms with Gasteiger partial charge < -0.3 is 4.74 Å². The van der Waals surface area contributed by atoms with Gasteiger partial charge in [0, 0.05) is 31.8 Å². The maximum atomic E-state index is 13.0. The van der Waals surface area contributed by atoms with Gasteiger partial charge in [0.15, 0.2) is 0 Å². The predicted octanol–water partition coefficient (Wildman–Crippen LogP) is 6.67. The third-order valence-corrected chi connectivity index (χ3v) is 5.77. The summed E-state index contributed by atoms with van der Waals surface area (Å²) in [6.07, 6.45) is 1.62. The van der Waals surface area contributed by atoms with Crippen LogP contribution >= 0.6 is 34.8 Å². The summed E-state index contributed by atoms with van der Waals surface area (Å²) in [6, 6.07) is 18.7. The largest absolute Gasteiger partial charge is 0.488 e. The Bertz CT molecular complexity index is 1300. The summed E-state index contributed by atoms with van der Waals surface area (Å²) >= 11 is 18.4. The first-order valence-corrected chi connectivity index (χ1v) is 11.0. The Balaban J connectivity index is 1.61. The topological polar surface area (TPSA) is 59.0 Å². The molecule has 2 amide bonds. The van der Waals surface area contributed by atoms with Crippen molar-refractivity contribution in [3.63, 3.8) is 0 Å². The smallest absolute Gasteiger partial charge is 0.283 e. The van der Waals surface area contributed by atoms with E-state index in [9.17, 15) is 9.59 Å². The van der Waals surface area contributed by atoms with E-state index in [0.29, 0.717) is 37.7 Å². The van der Waals surface area contributed by atoms with Crippen LogP contribution in [-0.4, -0.2) is 22.5 Å². The minimum Gasteiger partial charge on any atom is -0.488 e. The third kappa shape index (κ3) is 5.11. The second-order valence-corrected chi connectivity index (χ2v) is 8.52. The van der Waals surface area contributed by atoms with Gasteiger partial charge in [0.2, 0.25) is 0 Å². The number of nitrogens with zero attached hydrogens (tertiary/aromatic N) is 2. The summed E-state index contributed by atoms with van der Waals surface area (Å²) in [6.45, 7) is 1.86. The molecule has 4 rings (SSSR count). The van der Waals surface area contributed by atoms with Gasteiger partial charge in [-0.25, -0.2) is 0 Å². The van der Waals surface area contributed by atoms with Crippen molar-refractivity contribution in [3.8, 4) is 5.75 Å². The third-order valence-electron chi connectivity index (χ3n) is 4.95. The number of carbonyl (C=O) groups is 2. The highest BCUT2D eigenvalue weighted by Gasteiger charge is 2.33. The van der Waals surface area contributed by atoms with Crippen molar-refractivity contribution >= 4 is 58.4 Å². The molecule has 0 atom stereocenters. The molecular formula is C25H17Cl3N2O3. The number of imide groups is 1. The van der Waals surface area contributed by atoms with E-state index in [1.165, 1.54) is 0 Å². The number of hydrogen-bond acceptors (Lipinski definition) is 4. The first kappa shape index (κ1) is 23.1. The standard InChI is InChI=1S/C25H17Cl3N2O3/c1-15-21(25(32)30(29-15)24(31)16-5-3-2-4-6-16)12-18-11-19(26)9-10-23(18)33-14-17-7-8-20(27)13-22(17)28/h2-13H,14H2,1H3/b21-12+. The van der Waals surface area contributed by atoms with Crippen molar-refractivity contribution < 1.29 is 14.3 Å². The maximum absolute atomic E-state index is 13.0. The van der Waals surface area contributed by atoms with Gasteiger partial charge in [0.05, 0.1) is 11.3 Å². The van der Waals surface area contributed by atoms with Crippen LogP contribution in [0.4, 0.5) is 0 Å². The van der Waals surface area contributed by atoms with E-state index >= 15 is 0 Å². The van der Waals surface area contributed by atoms with Crippen molar-refractivity contribution in [2.45, 2.75) is 13.5 Å². The molecule has 1 aliphatic rings. The number of hydrazone groups is 1. The summed E-state index contributed by atoms with van der Waals surface area (Å²) in [5.74, 6) is -0.525. The van der Waals surface area contributed by atoms with Gasteiger partial charge in [-0.1, -0.05) is 59.1 Å². The zero-order chi connectivity index (χ0) is 23.5. The van der Waals surface area contributed by atoms with Gasteiger partial charge in [-0.3, -0.25) is 9.59 Å². The molecule has 0 saturated heterocycles. The average molecular weight is 500 g/mol. The van der Waals surface area contributed by atoms with Gasteiger partial charge >= 0.3 is 0 Å². The van der Waals surface area contributed by atoms with E-state index in [-0.39, 0.29) is 12.2 Å². The van der Waals surface area contributed by atoms with E-state index in [2.05, 4.69) is 5.10 Å². The van der Waals surface area contributed by atoms with E-state index in [1.54, 1.807) is 79.7 Å². The van der Waals surface area contributed by atoms with Crippen LogP contribution in [0.3, 0.4) is 0 Å². The Labute approximate surface area is 205 Å². The number of benzene rings is 3. The van der Waals surface area contributed by atoms with Crippen molar-refractivity contribution in [1.29, 1.82) is 0 Å². The lowest BCUT2D eigenvalue weighted by Gasteiger charge is -2.12. The number of halogens is 3. The van der Waals surface area contributed by atoms with Crippen LogP contribution in [0.15, 0.2) is 77.4 Å². The molecule has 0 aromatic heterocycles. The summed E-state index contributed by atoms with van der Waals surface area (Å²) in [4.78, 5) is 25.7. The van der Waals surface area contributed by atoms with Crippen LogP contribution < -0.4 is 4.74 Å². The van der Waals surface area contributed by atoms with Crippen LogP contribution in [-0.2, 0) is 11.4 Å². The van der Waals surface area contributed by atoms with Crippen LogP contribution in [0, 0.1) is 0 Å². The average Bonchev–Trinajstić information content (AvgIpc) is 3.08. The number of ether oxygens (including phenoxy) is 1. The van der Waals surface area contributed by atoms with Gasteiger partial charge in [0.1, 0.15) is 12.4 Å². The lowest BCUT2D eigenvalue weighted by atomic mass is 10.1.